The van der Waals surface area contributed by atoms with Gasteiger partial charge in [0.25, 0.3) is 0 Å². The fourth-order valence-electron chi connectivity index (χ4n) is 0.691. The molecule has 0 spiro atoms. The quantitative estimate of drug-likeness (QED) is 0.691. The Morgan fingerprint density at radius 1 is 1.73 bits per heavy atom. The standard InChI is InChI=1S/C8H7NO2/c1-2-6-3-4-9-7(5-6)8(10)11/h2-5H,1H2,(H,10,11). The zero-order valence-electron chi connectivity index (χ0n) is 5.82. The van der Waals surface area contributed by atoms with E-state index in [4.69, 9.17) is 5.11 Å². The van der Waals surface area contributed by atoms with Gasteiger partial charge in [0.2, 0.25) is 0 Å². The van der Waals surface area contributed by atoms with Gasteiger partial charge in [-0.3, -0.25) is 0 Å². The lowest BCUT2D eigenvalue weighted by Gasteiger charge is -1.93. The molecule has 0 bridgehead atoms. The number of carbonyl (C=O) groups is 1. The smallest absolute Gasteiger partial charge is 0.354 e. The molecule has 0 aliphatic carbocycles. The zero-order chi connectivity index (χ0) is 8.27. The molecule has 11 heavy (non-hydrogen) atoms. The second-order valence-corrected chi connectivity index (χ2v) is 1.98. The van der Waals surface area contributed by atoms with Crippen molar-refractivity contribution in [3.05, 3.63) is 36.2 Å². The molecule has 0 aromatic carbocycles. The molecule has 1 heterocycles. The molecule has 0 saturated carbocycles. The van der Waals surface area contributed by atoms with Crippen molar-refractivity contribution in [2.24, 2.45) is 0 Å². The normalized spacial score (nSPS) is 9.09. The molecule has 0 atom stereocenters. The summed E-state index contributed by atoms with van der Waals surface area (Å²) < 4.78 is 0. The highest BCUT2D eigenvalue weighted by atomic mass is 16.4. The molecule has 3 nitrogen and oxygen atoms in total. The van der Waals surface area contributed by atoms with Crippen LogP contribution in [0.3, 0.4) is 0 Å². The minimum absolute atomic E-state index is 0.0439. The van der Waals surface area contributed by atoms with E-state index in [1.54, 1.807) is 12.1 Å². The van der Waals surface area contributed by atoms with Crippen LogP contribution in [0.5, 0.6) is 0 Å². The van der Waals surface area contributed by atoms with Crippen LogP contribution in [0.4, 0.5) is 0 Å². The van der Waals surface area contributed by atoms with Crippen molar-refractivity contribution >= 4 is 12.0 Å². The average molecular weight is 149 g/mol. The maximum atomic E-state index is 10.4. The van der Waals surface area contributed by atoms with E-state index < -0.39 is 5.97 Å². The minimum atomic E-state index is -1.02. The van der Waals surface area contributed by atoms with Gasteiger partial charge in [0.1, 0.15) is 5.69 Å². The third kappa shape index (κ3) is 1.64. The van der Waals surface area contributed by atoms with Crippen LogP contribution >= 0.6 is 0 Å². The SMILES string of the molecule is C=Cc1ccnc(C(=O)O)c1. The van der Waals surface area contributed by atoms with E-state index in [0.717, 1.165) is 5.56 Å². The molecule has 56 valence electrons. The number of hydrogen-bond acceptors (Lipinski definition) is 2. The summed E-state index contributed by atoms with van der Waals surface area (Å²) in [5, 5.41) is 8.51. The molecular weight excluding hydrogens is 142 g/mol. The lowest BCUT2D eigenvalue weighted by Crippen LogP contribution is -1.99. The topological polar surface area (TPSA) is 50.2 Å². The van der Waals surface area contributed by atoms with Gasteiger partial charge in [-0.25, -0.2) is 9.78 Å². The molecule has 0 radical (unpaired) electrons. The second kappa shape index (κ2) is 2.96. The van der Waals surface area contributed by atoms with E-state index in [0.29, 0.717) is 0 Å². The minimum Gasteiger partial charge on any atom is -0.477 e. The Hall–Kier alpha value is -1.64. The number of carboxylic acids is 1. The van der Waals surface area contributed by atoms with Crippen molar-refractivity contribution in [1.29, 1.82) is 0 Å². The lowest BCUT2D eigenvalue weighted by atomic mass is 10.2. The molecule has 1 aromatic heterocycles. The molecule has 3 heteroatoms. The first-order valence-electron chi connectivity index (χ1n) is 3.06. The van der Waals surface area contributed by atoms with Crippen molar-refractivity contribution in [2.75, 3.05) is 0 Å². The van der Waals surface area contributed by atoms with E-state index in [9.17, 15) is 4.79 Å². The van der Waals surface area contributed by atoms with Crippen molar-refractivity contribution in [3.8, 4) is 0 Å². The summed E-state index contributed by atoms with van der Waals surface area (Å²) in [5.41, 5.74) is 0.805. The maximum Gasteiger partial charge on any atom is 0.354 e. The van der Waals surface area contributed by atoms with Gasteiger partial charge in [0.05, 0.1) is 0 Å². The molecule has 0 saturated heterocycles. The third-order valence-corrected chi connectivity index (χ3v) is 1.24. The fraction of sp³-hybridized carbons (Fsp3) is 0. The van der Waals surface area contributed by atoms with Crippen LogP contribution < -0.4 is 0 Å². The van der Waals surface area contributed by atoms with Crippen molar-refractivity contribution in [2.45, 2.75) is 0 Å². The maximum absolute atomic E-state index is 10.4. The summed E-state index contributed by atoms with van der Waals surface area (Å²) in [6.45, 7) is 3.51. The van der Waals surface area contributed by atoms with Gasteiger partial charge >= 0.3 is 5.97 Å². The van der Waals surface area contributed by atoms with Crippen LogP contribution in [0.25, 0.3) is 6.08 Å². The predicted octanol–water partition coefficient (Wildman–Crippen LogP) is 1.42. The Kier molecular flexibility index (Phi) is 2.01. The van der Waals surface area contributed by atoms with Gasteiger partial charge in [0, 0.05) is 6.20 Å². The Bertz CT molecular complexity index is 294. The third-order valence-electron chi connectivity index (χ3n) is 1.24. The van der Waals surface area contributed by atoms with E-state index in [1.165, 1.54) is 12.3 Å². The van der Waals surface area contributed by atoms with Crippen LogP contribution in [-0.4, -0.2) is 16.1 Å². The van der Waals surface area contributed by atoms with Crippen molar-refractivity contribution < 1.29 is 9.90 Å². The fourth-order valence-corrected chi connectivity index (χ4v) is 0.691. The summed E-state index contributed by atoms with van der Waals surface area (Å²) in [7, 11) is 0. The van der Waals surface area contributed by atoms with E-state index in [-0.39, 0.29) is 5.69 Å². The largest absolute Gasteiger partial charge is 0.477 e. The Labute approximate surface area is 64.0 Å². The number of hydrogen-bond donors (Lipinski definition) is 1. The second-order valence-electron chi connectivity index (χ2n) is 1.98. The molecule has 0 aliphatic rings. The highest BCUT2D eigenvalue weighted by molar-refractivity contribution is 5.85. The zero-order valence-corrected chi connectivity index (χ0v) is 5.82. The molecule has 0 aliphatic heterocycles. The van der Waals surface area contributed by atoms with Crippen molar-refractivity contribution in [1.82, 2.24) is 4.98 Å². The molecule has 0 fully saturated rings. The average Bonchev–Trinajstić information content (AvgIpc) is 2.05. The van der Waals surface area contributed by atoms with Crippen LogP contribution in [0, 0.1) is 0 Å². The molecule has 1 N–H and O–H groups in total. The van der Waals surface area contributed by atoms with Gasteiger partial charge in [-0.1, -0.05) is 12.7 Å². The first-order chi connectivity index (χ1) is 5.24. The van der Waals surface area contributed by atoms with Gasteiger partial charge < -0.3 is 5.11 Å². The van der Waals surface area contributed by atoms with Crippen molar-refractivity contribution in [3.63, 3.8) is 0 Å². The number of pyridine rings is 1. The summed E-state index contributed by atoms with van der Waals surface area (Å²) >= 11 is 0. The lowest BCUT2D eigenvalue weighted by molar-refractivity contribution is 0.0690. The van der Waals surface area contributed by atoms with E-state index in [1.807, 2.05) is 0 Å². The highest BCUT2D eigenvalue weighted by Gasteiger charge is 2.02. The Morgan fingerprint density at radius 2 is 2.45 bits per heavy atom. The summed E-state index contributed by atoms with van der Waals surface area (Å²) in [6, 6.07) is 3.16. The molecule has 1 aromatic rings. The van der Waals surface area contributed by atoms with Gasteiger partial charge in [-0.2, -0.15) is 0 Å². The molecule has 1 rings (SSSR count). The van der Waals surface area contributed by atoms with E-state index in [2.05, 4.69) is 11.6 Å². The predicted molar refractivity (Wildman–Crippen MR) is 41.3 cm³/mol. The highest BCUT2D eigenvalue weighted by Crippen LogP contribution is 2.02. The summed E-state index contributed by atoms with van der Waals surface area (Å²) in [4.78, 5) is 14.0. The Balaban J connectivity index is 3.10. The van der Waals surface area contributed by atoms with Crippen LogP contribution in [0.2, 0.25) is 0 Å². The summed E-state index contributed by atoms with van der Waals surface area (Å²) in [6.07, 6.45) is 3.02. The Morgan fingerprint density at radius 3 is 3.00 bits per heavy atom. The monoisotopic (exact) mass is 149 g/mol. The van der Waals surface area contributed by atoms with Gasteiger partial charge in [0.15, 0.2) is 0 Å². The number of rotatable bonds is 2. The van der Waals surface area contributed by atoms with Gasteiger partial charge in [-0.05, 0) is 17.7 Å². The first kappa shape index (κ1) is 7.47. The van der Waals surface area contributed by atoms with Crippen LogP contribution in [-0.2, 0) is 0 Å². The molecule has 0 amide bonds. The van der Waals surface area contributed by atoms with Crippen LogP contribution in [0.15, 0.2) is 24.9 Å². The molecular formula is C8H7NO2. The van der Waals surface area contributed by atoms with Crippen LogP contribution in [0.1, 0.15) is 16.1 Å². The van der Waals surface area contributed by atoms with Gasteiger partial charge in [-0.15, -0.1) is 0 Å². The number of aromatic carboxylic acids is 1. The summed E-state index contributed by atoms with van der Waals surface area (Å²) in [5.74, 6) is -1.02. The number of aromatic nitrogens is 1. The van der Waals surface area contributed by atoms with E-state index >= 15 is 0 Å². The first-order valence-corrected chi connectivity index (χ1v) is 3.06. The molecule has 0 unspecified atom stereocenters. The number of carboxylic acid groups (broad SMARTS) is 1. The number of nitrogens with zero attached hydrogens (tertiary/aromatic N) is 1.